The molecule has 3 heteroatoms. The first-order chi connectivity index (χ1) is 6.25. The normalized spacial score (nSPS) is 11.8. The van der Waals surface area contributed by atoms with E-state index in [1.807, 2.05) is 24.6 Å². The van der Waals surface area contributed by atoms with Crippen LogP contribution in [0.15, 0.2) is 6.07 Å². The summed E-state index contributed by atoms with van der Waals surface area (Å²) in [5, 5.41) is 0. The molecule has 14 heavy (non-hydrogen) atoms. The summed E-state index contributed by atoms with van der Waals surface area (Å²) in [6, 6.07) is 1.89. The van der Waals surface area contributed by atoms with Crippen LogP contribution in [0.2, 0.25) is 0 Å². The maximum Gasteiger partial charge on any atom is 0.250 e. The lowest BCUT2D eigenvalue weighted by Crippen LogP contribution is -2.16. The number of amides is 1. The zero-order chi connectivity index (χ0) is 11.1. The van der Waals surface area contributed by atoms with Gasteiger partial charge in [-0.3, -0.25) is 4.79 Å². The molecule has 1 rings (SSSR count). The first kappa shape index (κ1) is 10.8. The van der Waals surface area contributed by atoms with Crippen molar-refractivity contribution in [2.45, 2.75) is 33.1 Å². The van der Waals surface area contributed by atoms with Gasteiger partial charge >= 0.3 is 0 Å². The van der Waals surface area contributed by atoms with E-state index in [4.69, 9.17) is 5.73 Å². The van der Waals surface area contributed by atoms with Gasteiger partial charge in [-0.25, -0.2) is 0 Å². The first-order valence-corrected chi connectivity index (χ1v) is 4.71. The topological polar surface area (TPSA) is 48.0 Å². The molecule has 0 atom stereocenters. The number of primary amides is 1. The molecular formula is C11H18N2O. The minimum absolute atomic E-state index is 0.0349. The molecule has 1 heterocycles. The monoisotopic (exact) mass is 194 g/mol. The summed E-state index contributed by atoms with van der Waals surface area (Å²) in [5.74, 6) is -0.353. The van der Waals surface area contributed by atoms with Crippen LogP contribution in [0.4, 0.5) is 0 Å². The van der Waals surface area contributed by atoms with Crippen molar-refractivity contribution in [2.75, 3.05) is 0 Å². The fourth-order valence-electron chi connectivity index (χ4n) is 1.67. The van der Waals surface area contributed by atoms with Gasteiger partial charge in [0.25, 0.3) is 5.91 Å². The van der Waals surface area contributed by atoms with Gasteiger partial charge in [0.2, 0.25) is 0 Å². The van der Waals surface area contributed by atoms with Crippen molar-refractivity contribution in [1.29, 1.82) is 0 Å². The second-order valence-corrected chi connectivity index (χ2v) is 4.70. The third-order valence-electron chi connectivity index (χ3n) is 2.57. The Bertz CT molecular complexity index is 369. The number of hydrogen-bond donors (Lipinski definition) is 1. The van der Waals surface area contributed by atoms with Crippen LogP contribution in [0, 0.1) is 6.92 Å². The summed E-state index contributed by atoms with van der Waals surface area (Å²) >= 11 is 0. The number of hydrogen-bond acceptors (Lipinski definition) is 1. The molecule has 0 radical (unpaired) electrons. The standard InChI is InChI=1S/C11H18N2O/c1-7-8(10(12)14)6-9(13(7)5)11(2,3)4/h6H,1-5H3,(H2,12,14). The van der Waals surface area contributed by atoms with Crippen LogP contribution in [0.25, 0.3) is 0 Å². The quantitative estimate of drug-likeness (QED) is 0.727. The largest absolute Gasteiger partial charge is 0.366 e. The molecular weight excluding hydrogens is 176 g/mol. The van der Waals surface area contributed by atoms with Gasteiger partial charge < -0.3 is 10.3 Å². The summed E-state index contributed by atoms with van der Waals surface area (Å²) in [6.07, 6.45) is 0. The van der Waals surface area contributed by atoms with E-state index in [-0.39, 0.29) is 11.3 Å². The van der Waals surface area contributed by atoms with Crippen LogP contribution in [-0.2, 0) is 12.5 Å². The maximum atomic E-state index is 11.1. The van der Waals surface area contributed by atoms with E-state index in [1.165, 1.54) is 0 Å². The molecule has 1 amide bonds. The van der Waals surface area contributed by atoms with Crippen LogP contribution >= 0.6 is 0 Å². The van der Waals surface area contributed by atoms with E-state index in [2.05, 4.69) is 20.8 Å². The van der Waals surface area contributed by atoms with E-state index in [0.717, 1.165) is 11.4 Å². The Labute approximate surface area is 84.9 Å². The highest BCUT2D eigenvalue weighted by Gasteiger charge is 2.22. The van der Waals surface area contributed by atoms with Crippen molar-refractivity contribution in [1.82, 2.24) is 4.57 Å². The van der Waals surface area contributed by atoms with Gasteiger partial charge in [0, 0.05) is 23.9 Å². The molecule has 2 N–H and O–H groups in total. The Morgan fingerprint density at radius 2 is 1.93 bits per heavy atom. The van der Waals surface area contributed by atoms with Crippen LogP contribution in [-0.4, -0.2) is 10.5 Å². The molecule has 1 aromatic heterocycles. The van der Waals surface area contributed by atoms with E-state index >= 15 is 0 Å². The predicted octanol–water partition coefficient (Wildman–Crippen LogP) is 1.73. The van der Waals surface area contributed by atoms with Crippen molar-refractivity contribution in [3.8, 4) is 0 Å². The average molecular weight is 194 g/mol. The molecule has 3 nitrogen and oxygen atoms in total. The lowest BCUT2D eigenvalue weighted by atomic mass is 9.92. The van der Waals surface area contributed by atoms with E-state index in [0.29, 0.717) is 5.56 Å². The third kappa shape index (κ3) is 1.67. The van der Waals surface area contributed by atoms with E-state index < -0.39 is 0 Å². The average Bonchev–Trinajstić information content (AvgIpc) is 2.28. The second kappa shape index (κ2) is 3.15. The zero-order valence-electron chi connectivity index (χ0n) is 9.51. The maximum absolute atomic E-state index is 11.1. The molecule has 0 aliphatic rings. The Morgan fingerprint density at radius 1 is 1.43 bits per heavy atom. The fourth-order valence-corrected chi connectivity index (χ4v) is 1.67. The Kier molecular flexibility index (Phi) is 2.44. The molecule has 0 saturated carbocycles. The molecule has 0 saturated heterocycles. The summed E-state index contributed by atoms with van der Waals surface area (Å²) in [6.45, 7) is 8.26. The Hall–Kier alpha value is -1.25. The molecule has 78 valence electrons. The van der Waals surface area contributed by atoms with Gasteiger partial charge in [-0.05, 0) is 13.0 Å². The van der Waals surface area contributed by atoms with E-state index in [1.54, 1.807) is 0 Å². The van der Waals surface area contributed by atoms with Gasteiger partial charge in [0.1, 0.15) is 0 Å². The van der Waals surface area contributed by atoms with Gasteiger partial charge in [-0.2, -0.15) is 0 Å². The molecule has 0 unspecified atom stereocenters. The minimum atomic E-state index is -0.353. The van der Waals surface area contributed by atoms with Crippen LogP contribution in [0.3, 0.4) is 0 Å². The number of nitrogens with two attached hydrogens (primary N) is 1. The first-order valence-electron chi connectivity index (χ1n) is 4.71. The molecule has 0 aromatic carbocycles. The SMILES string of the molecule is Cc1c(C(N)=O)cc(C(C)(C)C)n1C. The Morgan fingerprint density at radius 3 is 2.14 bits per heavy atom. The van der Waals surface area contributed by atoms with Crippen molar-refractivity contribution in [2.24, 2.45) is 12.8 Å². The molecule has 0 spiro atoms. The Balaban J connectivity index is 3.37. The van der Waals surface area contributed by atoms with Crippen molar-refractivity contribution >= 4 is 5.91 Å². The van der Waals surface area contributed by atoms with Gasteiger partial charge in [-0.15, -0.1) is 0 Å². The molecule has 0 aliphatic carbocycles. The molecule has 0 fully saturated rings. The van der Waals surface area contributed by atoms with Crippen molar-refractivity contribution in [3.63, 3.8) is 0 Å². The highest BCUT2D eigenvalue weighted by molar-refractivity contribution is 5.94. The van der Waals surface area contributed by atoms with Gasteiger partial charge in [-0.1, -0.05) is 20.8 Å². The predicted molar refractivity (Wildman–Crippen MR) is 57.4 cm³/mol. The van der Waals surface area contributed by atoms with Crippen LogP contribution in [0.5, 0.6) is 0 Å². The highest BCUT2D eigenvalue weighted by atomic mass is 16.1. The minimum Gasteiger partial charge on any atom is -0.366 e. The lowest BCUT2D eigenvalue weighted by Gasteiger charge is -2.19. The van der Waals surface area contributed by atoms with Crippen LogP contribution < -0.4 is 5.73 Å². The number of carbonyl (C=O) groups is 1. The number of rotatable bonds is 1. The van der Waals surface area contributed by atoms with Crippen LogP contribution in [0.1, 0.15) is 42.5 Å². The zero-order valence-corrected chi connectivity index (χ0v) is 9.51. The molecule has 0 aliphatic heterocycles. The molecule has 0 bridgehead atoms. The van der Waals surface area contributed by atoms with Gasteiger partial charge in [0.15, 0.2) is 0 Å². The summed E-state index contributed by atoms with van der Waals surface area (Å²) in [5.41, 5.74) is 8.01. The van der Waals surface area contributed by atoms with E-state index in [9.17, 15) is 4.79 Å². The van der Waals surface area contributed by atoms with Gasteiger partial charge in [0.05, 0.1) is 5.56 Å². The summed E-state index contributed by atoms with van der Waals surface area (Å²) < 4.78 is 2.03. The van der Waals surface area contributed by atoms with Crippen molar-refractivity contribution in [3.05, 3.63) is 23.0 Å². The smallest absolute Gasteiger partial charge is 0.250 e. The second-order valence-electron chi connectivity index (χ2n) is 4.70. The highest BCUT2D eigenvalue weighted by Crippen LogP contribution is 2.26. The van der Waals surface area contributed by atoms with Crippen molar-refractivity contribution < 1.29 is 4.79 Å². The third-order valence-corrected chi connectivity index (χ3v) is 2.57. The molecule has 1 aromatic rings. The summed E-state index contributed by atoms with van der Waals surface area (Å²) in [4.78, 5) is 11.1. The summed E-state index contributed by atoms with van der Waals surface area (Å²) in [7, 11) is 1.96. The lowest BCUT2D eigenvalue weighted by molar-refractivity contribution is 0.0999. The number of nitrogens with zero attached hydrogens (tertiary/aromatic N) is 1. The number of carbonyl (C=O) groups excluding carboxylic acids is 1. The number of aromatic nitrogens is 1. The fraction of sp³-hybridized carbons (Fsp3) is 0.545.